The van der Waals surface area contributed by atoms with Crippen LogP contribution in [0.4, 0.5) is 5.69 Å². The number of nitrogens with one attached hydrogen (secondary N) is 1. The molecule has 4 aromatic rings. The van der Waals surface area contributed by atoms with Crippen LogP contribution in [0.15, 0.2) is 88.1 Å². The molecule has 4 nitrogen and oxygen atoms in total. The number of aryl methyl sites for hydroxylation is 1. The van der Waals surface area contributed by atoms with Gasteiger partial charge in [0.2, 0.25) is 0 Å². The normalized spacial score (nSPS) is 11.0. The van der Waals surface area contributed by atoms with Crippen LogP contribution in [0.2, 0.25) is 0 Å². The number of benzene rings is 3. The first-order chi connectivity index (χ1) is 13.3. The van der Waals surface area contributed by atoms with Crippen LogP contribution in [0, 0.1) is 0 Å². The summed E-state index contributed by atoms with van der Waals surface area (Å²) < 4.78 is 5.24. The Hall–Kier alpha value is -3.27. The van der Waals surface area contributed by atoms with Gasteiger partial charge in [-0.3, -0.25) is 4.98 Å². The smallest absolute Gasteiger partial charge is 0.408 e. The van der Waals surface area contributed by atoms with Gasteiger partial charge in [-0.2, -0.15) is 0 Å². The molecule has 0 aliphatic rings. The number of aromatic amines is 1. The largest absolute Gasteiger partial charge is 0.417 e. The van der Waals surface area contributed by atoms with Crippen molar-refractivity contribution in [2.24, 2.45) is 0 Å². The van der Waals surface area contributed by atoms with Crippen molar-refractivity contribution in [1.29, 1.82) is 0 Å². The molecule has 136 valence electrons. The molecule has 0 amide bonds. The minimum absolute atomic E-state index is 0.416. The number of aromatic nitrogens is 1. The molecule has 3 aromatic carbocycles. The van der Waals surface area contributed by atoms with Crippen molar-refractivity contribution in [3.63, 3.8) is 0 Å². The Balaban J connectivity index is 1.55. The van der Waals surface area contributed by atoms with Crippen molar-refractivity contribution in [3.8, 4) is 0 Å². The van der Waals surface area contributed by atoms with Gasteiger partial charge >= 0.3 is 5.76 Å². The van der Waals surface area contributed by atoms with Crippen molar-refractivity contribution < 1.29 is 4.42 Å². The SMILES string of the molecule is O=c1[nH]c2ccc(N(CCCc3ccccc3)Cc3ccccc3)cc2o1. The lowest BCUT2D eigenvalue weighted by atomic mass is 10.1. The van der Waals surface area contributed by atoms with E-state index in [2.05, 4.69) is 58.4 Å². The van der Waals surface area contributed by atoms with E-state index in [1.165, 1.54) is 11.1 Å². The summed E-state index contributed by atoms with van der Waals surface area (Å²) in [5.74, 6) is -0.416. The molecule has 4 heteroatoms. The molecule has 0 fully saturated rings. The van der Waals surface area contributed by atoms with Crippen LogP contribution in [0.3, 0.4) is 0 Å². The highest BCUT2D eigenvalue weighted by molar-refractivity contribution is 5.77. The molecule has 0 atom stereocenters. The summed E-state index contributed by atoms with van der Waals surface area (Å²) >= 11 is 0. The zero-order valence-electron chi connectivity index (χ0n) is 15.1. The molecule has 1 N–H and O–H groups in total. The van der Waals surface area contributed by atoms with E-state index in [4.69, 9.17) is 4.42 Å². The quantitative estimate of drug-likeness (QED) is 0.518. The Kier molecular flexibility index (Phi) is 5.06. The predicted octanol–water partition coefficient (Wildman–Crippen LogP) is 4.76. The highest BCUT2D eigenvalue weighted by Crippen LogP contribution is 2.23. The zero-order valence-corrected chi connectivity index (χ0v) is 15.1. The monoisotopic (exact) mass is 358 g/mol. The molecule has 0 saturated carbocycles. The highest BCUT2D eigenvalue weighted by Gasteiger charge is 2.10. The van der Waals surface area contributed by atoms with Crippen LogP contribution in [0.1, 0.15) is 17.5 Å². The molecular formula is C23H22N2O2. The molecule has 0 aliphatic carbocycles. The van der Waals surface area contributed by atoms with Crippen molar-refractivity contribution in [2.75, 3.05) is 11.4 Å². The average Bonchev–Trinajstić information content (AvgIpc) is 3.08. The topological polar surface area (TPSA) is 49.2 Å². The second kappa shape index (κ2) is 7.96. The summed E-state index contributed by atoms with van der Waals surface area (Å²) in [6, 6.07) is 26.9. The van der Waals surface area contributed by atoms with Crippen LogP contribution in [-0.4, -0.2) is 11.5 Å². The Labute approximate surface area is 158 Å². The van der Waals surface area contributed by atoms with Gasteiger partial charge in [0.05, 0.1) is 5.52 Å². The van der Waals surface area contributed by atoms with Gasteiger partial charge in [-0.25, -0.2) is 4.79 Å². The van der Waals surface area contributed by atoms with Crippen LogP contribution < -0.4 is 10.7 Å². The third-order valence-electron chi connectivity index (χ3n) is 4.72. The molecule has 1 heterocycles. The van der Waals surface area contributed by atoms with E-state index in [0.29, 0.717) is 5.58 Å². The van der Waals surface area contributed by atoms with Gasteiger partial charge in [0.1, 0.15) is 0 Å². The maximum absolute atomic E-state index is 11.5. The van der Waals surface area contributed by atoms with Gasteiger partial charge in [0.25, 0.3) is 0 Å². The lowest BCUT2D eigenvalue weighted by molar-refractivity contribution is 0.555. The van der Waals surface area contributed by atoms with E-state index < -0.39 is 5.76 Å². The molecule has 4 rings (SSSR count). The van der Waals surface area contributed by atoms with Gasteiger partial charge < -0.3 is 9.32 Å². The van der Waals surface area contributed by atoms with Crippen LogP contribution in [-0.2, 0) is 13.0 Å². The summed E-state index contributed by atoms with van der Waals surface area (Å²) in [4.78, 5) is 16.5. The van der Waals surface area contributed by atoms with E-state index in [9.17, 15) is 4.79 Å². The van der Waals surface area contributed by atoms with Gasteiger partial charge in [-0.15, -0.1) is 0 Å². The number of nitrogens with zero attached hydrogens (tertiary/aromatic N) is 1. The molecular weight excluding hydrogens is 336 g/mol. The third kappa shape index (κ3) is 4.29. The fraction of sp³-hybridized carbons (Fsp3) is 0.174. The Morgan fingerprint density at radius 2 is 1.56 bits per heavy atom. The minimum Gasteiger partial charge on any atom is -0.408 e. The lowest BCUT2D eigenvalue weighted by Crippen LogP contribution is -2.24. The third-order valence-corrected chi connectivity index (χ3v) is 4.72. The van der Waals surface area contributed by atoms with Crippen LogP contribution >= 0.6 is 0 Å². The Morgan fingerprint density at radius 3 is 2.30 bits per heavy atom. The van der Waals surface area contributed by atoms with Crippen molar-refractivity contribution in [1.82, 2.24) is 4.98 Å². The molecule has 0 radical (unpaired) electrons. The number of fused-ring (bicyclic) bond motifs is 1. The first-order valence-corrected chi connectivity index (χ1v) is 9.23. The van der Waals surface area contributed by atoms with Crippen molar-refractivity contribution in [3.05, 3.63) is 101 Å². The maximum Gasteiger partial charge on any atom is 0.417 e. The van der Waals surface area contributed by atoms with Crippen molar-refractivity contribution >= 4 is 16.8 Å². The Morgan fingerprint density at radius 1 is 0.852 bits per heavy atom. The fourth-order valence-electron chi connectivity index (χ4n) is 3.35. The molecule has 0 spiro atoms. The van der Waals surface area contributed by atoms with Gasteiger partial charge in [-0.1, -0.05) is 60.7 Å². The van der Waals surface area contributed by atoms with Crippen molar-refractivity contribution in [2.45, 2.75) is 19.4 Å². The number of oxazole rings is 1. The molecule has 1 aromatic heterocycles. The molecule has 0 bridgehead atoms. The number of anilines is 1. The molecule has 0 unspecified atom stereocenters. The van der Waals surface area contributed by atoms with Crippen LogP contribution in [0.25, 0.3) is 11.1 Å². The van der Waals surface area contributed by atoms with E-state index >= 15 is 0 Å². The fourth-order valence-corrected chi connectivity index (χ4v) is 3.35. The Bertz CT molecular complexity index is 1050. The lowest BCUT2D eigenvalue weighted by Gasteiger charge is -2.25. The van der Waals surface area contributed by atoms with E-state index in [1.54, 1.807) is 0 Å². The second-order valence-corrected chi connectivity index (χ2v) is 6.69. The van der Waals surface area contributed by atoms with Gasteiger partial charge in [0, 0.05) is 24.8 Å². The predicted molar refractivity (Wildman–Crippen MR) is 109 cm³/mol. The minimum atomic E-state index is -0.416. The number of hydrogen-bond acceptors (Lipinski definition) is 3. The van der Waals surface area contributed by atoms with E-state index in [1.807, 2.05) is 30.3 Å². The van der Waals surface area contributed by atoms with E-state index in [-0.39, 0.29) is 0 Å². The van der Waals surface area contributed by atoms with Gasteiger partial charge in [-0.05, 0) is 36.1 Å². The first-order valence-electron chi connectivity index (χ1n) is 9.23. The highest BCUT2D eigenvalue weighted by atomic mass is 16.4. The number of H-pyrrole nitrogens is 1. The van der Waals surface area contributed by atoms with Gasteiger partial charge in [0.15, 0.2) is 5.58 Å². The molecule has 0 aliphatic heterocycles. The maximum atomic E-state index is 11.5. The van der Waals surface area contributed by atoms with E-state index in [0.717, 1.165) is 37.1 Å². The molecule has 27 heavy (non-hydrogen) atoms. The molecule has 0 saturated heterocycles. The summed E-state index contributed by atoms with van der Waals surface area (Å²) in [6.07, 6.45) is 2.08. The second-order valence-electron chi connectivity index (χ2n) is 6.69. The van der Waals surface area contributed by atoms with Crippen LogP contribution in [0.5, 0.6) is 0 Å². The number of rotatable bonds is 7. The number of hydrogen-bond donors (Lipinski definition) is 1. The summed E-state index contributed by atoms with van der Waals surface area (Å²) in [7, 11) is 0. The average molecular weight is 358 g/mol. The summed E-state index contributed by atoms with van der Waals surface area (Å²) in [5, 5.41) is 0. The first kappa shape index (κ1) is 17.2. The summed E-state index contributed by atoms with van der Waals surface area (Å²) in [6.45, 7) is 1.74. The zero-order chi connectivity index (χ0) is 18.5. The summed E-state index contributed by atoms with van der Waals surface area (Å²) in [5.41, 5.74) is 4.99. The standard InChI is InChI=1S/C23H22N2O2/c26-23-24-21-14-13-20(16-22(21)27-23)25(17-19-10-5-2-6-11-19)15-7-12-18-8-3-1-4-9-18/h1-6,8-11,13-14,16H,7,12,15,17H2,(H,24,26).